The maximum absolute atomic E-state index is 12.3. The first-order chi connectivity index (χ1) is 10.2. The number of carbonyl (C=O) groups is 1. The number of nitriles is 1. The number of amides is 1. The Bertz CT molecular complexity index is 600. The molecule has 1 heterocycles. The standard InChI is InChI=1S/C15H18N4OS/c1-11-9-12(14(20)19-7-3-4-8-19)5-6-13(11)18-15(21-2)17-10-16/h5-6,9H,3-4,7-8H2,1-2H3,(H,17,18). The summed E-state index contributed by atoms with van der Waals surface area (Å²) in [6.07, 6.45) is 5.89. The number of nitrogens with one attached hydrogen (secondary N) is 1. The van der Waals surface area contributed by atoms with Crippen LogP contribution in [0.5, 0.6) is 0 Å². The topological polar surface area (TPSA) is 68.5 Å². The molecule has 0 bridgehead atoms. The molecule has 1 aromatic rings. The van der Waals surface area contributed by atoms with Gasteiger partial charge in [0, 0.05) is 18.7 Å². The van der Waals surface area contributed by atoms with Gasteiger partial charge in [-0.2, -0.15) is 5.26 Å². The number of nitrogens with zero attached hydrogens (tertiary/aromatic N) is 3. The minimum atomic E-state index is 0.0892. The van der Waals surface area contributed by atoms with Crippen LogP contribution in [0.15, 0.2) is 23.2 Å². The van der Waals surface area contributed by atoms with Gasteiger partial charge in [0.05, 0.1) is 5.69 Å². The van der Waals surface area contributed by atoms with E-state index in [9.17, 15) is 4.79 Å². The van der Waals surface area contributed by atoms with E-state index in [0.717, 1.165) is 37.2 Å². The largest absolute Gasteiger partial charge is 0.339 e. The Labute approximate surface area is 129 Å². The Morgan fingerprint density at radius 1 is 1.43 bits per heavy atom. The summed E-state index contributed by atoms with van der Waals surface area (Å²) in [5, 5.41) is 11.7. The van der Waals surface area contributed by atoms with Gasteiger partial charge in [-0.1, -0.05) is 11.8 Å². The molecule has 0 aromatic heterocycles. The van der Waals surface area contributed by atoms with Crippen molar-refractivity contribution in [3.63, 3.8) is 0 Å². The van der Waals surface area contributed by atoms with Gasteiger partial charge in [0.25, 0.3) is 5.91 Å². The summed E-state index contributed by atoms with van der Waals surface area (Å²) in [5.41, 5.74) is 2.39. The molecule has 0 aliphatic carbocycles. The second-order valence-corrected chi connectivity index (χ2v) is 5.65. The molecule has 2 rings (SSSR count). The van der Waals surface area contributed by atoms with Gasteiger partial charge in [0.1, 0.15) is 0 Å². The molecule has 21 heavy (non-hydrogen) atoms. The summed E-state index contributed by atoms with van der Waals surface area (Å²) in [6, 6.07) is 5.49. The highest BCUT2D eigenvalue weighted by molar-refractivity contribution is 8.13. The second-order valence-electron chi connectivity index (χ2n) is 4.86. The van der Waals surface area contributed by atoms with Crippen molar-refractivity contribution >= 4 is 28.5 Å². The Morgan fingerprint density at radius 2 is 2.14 bits per heavy atom. The van der Waals surface area contributed by atoms with Crippen LogP contribution in [0, 0.1) is 18.4 Å². The first-order valence-corrected chi connectivity index (χ1v) is 8.06. The molecule has 1 aliphatic rings. The number of carbonyl (C=O) groups excluding carboxylic acids is 1. The summed E-state index contributed by atoms with van der Waals surface area (Å²) in [7, 11) is 0. The van der Waals surface area contributed by atoms with Crippen LogP contribution in [0.1, 0.15) is 28.8 Å². The predicted molar refractivity (Wildman–Crippen MR) is 85.7 cm³/mol. The molecule has 0 spiro atoms. The fourth-order valence-electron chi connectivity index (χ4n) is 2.30. The molecule has 110 valence electrons. The van der Waals surface area contributed by atoms with Gasteiger partial charge in [0.2, 0.25) is 0 Å². The number of thioether (sulfide) groups is 1. The van der Waals surface area contributed by atoms with Crippen molar-refractivity contribution in [3.05, 3.63) is 29.3 Å². The zero-order valence-electron chi connectivity index (χ0n) is 12.2. The third-order valence-electron chi connectivity index (χ3n) is 3.42. The molecule has 1 amide bonds. The van der Waals surface area contributed by atoms with Crippen LogP contribution in [0.25, 0.3) is 0 Å². The van der Waals surface area contributed by atoms with Crippen molar-refractivity contribution < 1.29 is 4.79 Å². The van der Waals surface area contributed by atoms with Crippen LogP contribution in [0.2, 0.25) is 0 Å². The molecular formula is C15H18N4OS. The lowest BCUT2D eigenvalue weighted by Gasteiger charge is -2.15. The molecule has 1 fully saturated rings. The first-order valence-electron chi connectivity index (χ1n) is 6.83. The maximum Gasteiger partial charge on any atom is 0.253 e. The number of hydrogen-bond donors (Lipinski definition) is 1. The Balaban J connectivity index is 2.21. The van der Waals surface area contributed by atoms with E-state index in [0.29, 0.717) is 10.7 Å². The SMILES string of the molecule is CSC(=Nc1ccc(C(=O)N2CCCC2)cc1C)NC#N. The molecule has 0 radical (unpaired) electrons. The number of aryl methyl sites for hydroxylation is 1. The minimum absolute atomic E-state index is 0.0892. The van der Waals surface area contributed by atoms with Crippen molar-refractivity contribution in [1.29, 1.82) is 5.26 Å². The average molecular weight is 302 g/mol. The minimum Gasteiger partial charge on any atom is -0.339 e. The van der Waals surface area contributed by atoms with E-state index in [2.05, 4.69) is 10.3 Å². The van der Waals surface area contributed by atoms with Crippen molar-refractivity contribution in [1.82, 2.24) is 10.2 Å². The van der Waals surface area contributed by atoms with E-state index >= 15 is 0 Å². The second kappa shape index (κ2) is 7.14. The molecule has 5 nitrogen and oxygen atoms in total. The lowest BCUT2D eigenvalue weighted by atomic mass is 10.1. The van der Waals surface area contributed by atoms with Gasteiger partial charge in [-0.25, -0.2) is 4.99 Å². The van der Waals surface area contributed by atoms with Crippen molar-refractivity contribution in [3.8, 4) is 6.19 Å². The monoisotopic (exact) mass is 302 g/mol. The summed E-state index contributed by atoms with van der Waals surface area (Å²) < 4.78 is 0. The van der Waals surface area contributed by atoms with Crippen molar-refractivity contribution in [2.24, 2.45) is 4.99 Å². The zero-order valence-corrected chi connectivity index (χ0v) is 13.0. The molecule has 6 heteroatoms. The van der Waals surface area contributed by atoms with E-state index < -0.39 is 0 Å². The molecule has 1 saturated heterocycles. The van der Waals surface area contributed by atoms with Gasteiger partial charge in [-0.05, 0) is 49.8 Å². The summed E-state index contributed by atoms with van der Waals surface area (Å²) in [6.45, 7) is 3.62. The fraction of sp³-hybridized carbons (Fsp3) is 0.400. The summed E-state index contributed by atoms with van der Waals surface area (Å²) in [5.74, 6) is 0.0892. The van der Waals surface area contributed by atoms with E-state index in [1.165, 1.54) is 11.8 Å². The Hall–Kier alpha value is -2.00. The third kappa shape index (κ3) is 3.76. The van der Waals surface area contributed by atoms with E-state index in [1.54, 1.807) is 6.07 Å². The molecular weight excluding hydrogens is 284 g/mol. The van der Waals surface area contributed by atoms with Crippen LogP contribution in [0.4, 0.5) is 5.69 Å². The van der Waals surface area contributed by atoms with E-state index in [4.69, 9.17) is 5.26 Å². The third-order valence-corrected chi connectivity index (χ3v) is 4.00. The molecule has 0 saturated carbocycles. The van der Waals surface area contributed by atoms with Crippen molar-refractivity contribution in [2.45, 2.75) is 19.8 Å². The van der Waals surface area contributed by atoms with Gasteiger partial charge < -0.3 is 4.90 Å². The lowest BCUT2D eigenvalue weighted by molar-refractivity contribution is 0.0793. The van der Waals surface area contributed by atoms with Gasteiger partial charge in [0.15, 0.2) is 11.4 Å². The normalized spacial score (nSPS) is 14.9. The quantitative estimate of drug-likeness (QED) is 0.395. The van der Waals surface area contributed by atoms with Gasteiger partial charge >= 0.3 is 0 Å². The van der Waals surface area contributed by atoms with Crippen LogP contribution < -0.4 is 5.32 Å². The smallest absolute Gasteiger partial charge is 0.253 e. The van der Waals surface area contributed by atoms with Crippen LogP contribution in [0.3, 0.4) is 0 Å². The average Bonchev–Trinajstić information content (AvgIpc) is 3.02. The van der Waals surface area contributed by atoms with Crippen LogP contribution >= 0.6 is 11.8 Å². The highest BCUT2D eigenvalue weighted by Gasteiger charge is 2.19. The molecule has 0 unspecified atom stereocenters. The fourth-order valence-corrected chi connectivity index (χ4v) is 2.64. The number of rotatable bonds is 2. The Morgan fingerprint density at radius 3 is 2.71 bits per heavy atom. The molecule has 0 atom stereocenters. The number of amidine groups is 1. The maximum atomic E-state index is 12.3. The highest BCUT2D eigenvalue weighted by Crippen LogP contribution is 2.22. The highest BCUT2D eigenvalue weighted by atomic mass is 32.2. The van der Waals surface area contributed by atoms with E-state index in [-0.39, 0.29) is 5.91 Å². The lowest BCUT2D eigenvalue weighted by Crippen LogP contribution is -2.27. The molecule has 1 N–H and O–H groups in total. The van der Waals surface area contributed by atoms with Gasteiger partial charge in [-0.15, -0.1) is 0 Å². The van der Waals surface area contributed by atoms with Crippen molar-refractivity contribution in [2.75, 3.05) is 19.3 Å². The Kier molecular flexibility index (Phi) is 5.23. The number of benzene rings is 1. The zero-order chi connectivity index (χ0) is 15.2. The van der Waals surface area contributed by atoms with Crippen LogP contribution in [-0.2, 0) is 0 Å². The summed E-state index contributed by atoms with van der Waals surface area (Å²) in [4.78, 5) is 18.6. The summed E-state index contributed by atoms with van der Waals surface area (Å²) >= 11 is 1.37. The van der Waals surface area contributed by atoms with E-state index in [1.807, 2.05) is 36.4 Å². The number of likely N-dealkylation sites (tertiary alicyclic amines) is 1. The first kappa shape index (κ1) is 15.4. The van der Waals surface area contributed by atoms with Gasteiger partial charge in [-0.3, -0.25) is 10.1 Å². The molecule has 1 aliphatic heterocycles. The predicted octanol–water partition coefficient (Wildman–Crippen LogP) is 2.65. The molecule has 1 aromatic carbocycles. The number of aliphatic imine (C=N–C) groups is 1. The van der Waals surface area contributed by atoms with Crippen LogP contribution in [-0.4, -0.2) is 35.3 Å². The number of hydrogen-bond acceptors (Lipinski definition) is 4.